The highest BCUT2D eigenvalue weighted by atomic mass is 16.2. The number of fused-ring (bicyclic) bond motifs is 1. The van der Waals surface area contributed by atoms with Crippen LogP contribution in [-0.4, -0.2) is 15.5 Å². The van der Waals surface area contributed by atoms with Gasteiger partial charge < -0.3 is 4.57 Å². The SMILES string of the molecule is O=C(Nc1nc2ccccc2n1Cc1ccccc1)C1CCCCC1. The van der Waals surface area contributed by atoms with Crippen molar-refractivity contribution in [2.45, 2.75) is 38.6 Å². The molecule has 3 aromatic rings. The Morgan fingerprint density at radius 2 is 1.72 bits per heavy atom. The van der Waals surface area contributed by atoms with Crippen LogP contribution in [0.25, 0.3) is 11.0 Å². The van der Waals surface area contributed by atoms with Gasteiger partial charge in [0, 0.05) is 5.92 Å². The maximum atomic E-state index is 12.7. The van der Waals surface area contributed by atoms with Crippen molar-refractivity contribution in [3.05, 3.63) is 60.2 Å². The van der Waals surface area contributed by atoms with Crippen LogP contribution in [0.3, 0.4) is 0 Å². The lowest BCUT2D eigenvalue weighted by molar-refractivity contribution is -0.120. The summed E-state index contributed by atoms with van der Waals surface area (Å²) in [6.45, 7) is 0.696. The Hall–Kier alpha value is -2.62. The third kappa shape index (κ3) is 3.43. The normalized spacial score (nSPS) is 15.4. The number of rotatable bonds is 4. The van der Waals surface area contributed by atoms with Crippen molar-refractivity contribution in [1.29, 1.82) is 0 Å². The molecule has 4 nitrogen and oxygen atoms in total. The van der Waals surface area contributed by atoms with Gasteiger partial charge in [-0.1, -0.05) is 61.7 Å². The number of hydrogen-bond donors (Lipinski definition) is 1. The lowest BCUT2D eigenvalue weighted by atomic mass is 9.89. The number of hydrogen-bond acceptors (Lipinski definition) is 2. The molecule has 1 fully saturated rings. The predicted molar refractivity (Wildman–Crippen MR) is 100 cm³/mol. The molecule has 4 rings (SSSR count). The summed E-state index contributed by atoms with van der Waals surface area (Å²) in [4.78, 5) is 17.4. The molecule has 1 heterocycles. The lowest BCUT2D eigenvalue weighted by Gasteiger charge is -2.20. The van der Waals surface area contributed by atoms with Gasteiger partial charge in [0.2, 0.25) is 11.9 Å². The van der Waals surface area contributed by atoms with E-state index in [0.717, 1.165) is 36.7 Å². The molecule has 0 spiro atoms. The van der Waals surface area contributed by atoms with E-state index in [2.05, 4.69) is 33.1 Å². The van der Waals surface area contributed by atoms with Gasteiger partial charge in [0.25, 0.3) is 0 Å². The van der Waals surface area contributed by atoms with Crippen molar-refractivity contribution in [1.82, 2.24) is 9.55 Å². The zero-order chi connectivity index (χ0) is 17.1. The van der Waals surface area contributed by atoms with Crippen LogP contribution in [0.1, 0.15) is 37.7 Å². The lowest BCUT2D eigenvalue weighted by Crippen LogP contribution is -2.26. The second-order valence-electron chi connectivity index (χ2n) is 6.82. The molecule has 0 unspecified atom stereocenters. The monoisotopic (exact) mass is 333 g/mol. The van der Waals surface area contributed by atoms with E-state index in [1.807, 2.05) is 36.4 Å². The highest BCUT2D eigenvalue weighted by Gasteiger charge is 2.23. The van der Waals surface area contributed by atoms with E-state index >= 15 is 0 Å². The van der Waals surface area contributed by atoms with Gasteiger partial charge in [0.15, 0.2) is 0 Å². The zero-order valence-corrected chi connectivity index (χ0v) is 14.3. The summed E-state index contributed by atoms with van der Waals surface area (Å²) >= 11 is 0. The quantitative estimate of drug-likeness (QED) is 0.758. The Labute approximate surface area is 147 Å². The number of imidazole rings is 1. The molecular formula is C21H23N3O. The van der Waals surface area contributed by atoms with Crippen molar-refractivity contribution < 1.29 is 4.79 Å². The fourth-order valence-electron chi connectivity index (χ4n) is 3.67. The van der Waals surface area contributed by atoms with Gasteiger partial charge in [-0.05, 0) is 30.5 Å². The van der Waals surface area contributed by atoms with Crippen LogP contribution in [0.15, 0.2) is 54.6 Å². The van der Waals surface area contributed by atoms with Crippen molar-refractivity contribution in [3.63, 3.8) is 0 Å². The molecule has 2 aromatic carbocycles. The molecule has 0 bridgehead atoms. The fraction of sp³-hybridized carbons (Fsp3) is 0.333. The van der Waals surface area contributed by atoms with E-state index < -0.39 is 0 Å². The minimum absolute atomic E-state index is 0.115. The Bertz CT molecular complexity index is 863. The van der Waals surface area contributed by atoms with E-state index in [0.29, 0.717) is 12.5 Å². The van der Waals surface area contributed by atoms with Crippen molar-refractivity contribution in [2.24, 2.45) is 5.92 Å². The van der Waals surface area contributed by atoms with Gasteiger partial charge in [0.05, 0.1) is 17.6 Å². The molecule has 0 aliphatic heterocycles. The molecular weight excluding hydrogens is 310 g/mol. The summed E-state index contributed by atoms with van der Waals surface area (Å²) in [6, 6.07) is 18.3. The van der Waals surface area contributed by atoms with Crippen LogP contribution in [0, 0.1) is 5.92 Å². The summed E-state index contributed by atoms with van der Waals surface area (Å²) < 4.78 is 2.10. The highest BCUT2D eigenvalue weighted by Crippen LogP contribution is 2.26. The first-order valence-corrected chi connectivity index (χ1v) is 9.11. The summed E-state index contributed by atoms with van der Waals surface area (Å²) in [6.07, 6.45) is 5.53. The second kappa shape index (κ2) is 7.09. The van der Waals surface area contributed by atoms with Gasteiger partial charge >= 0.3 is 0 Å². The first kappa shape index (κ1) is 15.9. The van der Waals surface area contributed by atoms with Crippen molar-refractivity contribution in [2.75, 3.05) is 5.32 Å². The average molecular weight is 333 g/mol. The molecule has 1 saturated carbocycles. The number of aromatic nitrogens is 2. The standard InChI is InChI=1S/C21H23N3O/c25-20(17-11-5-2-6-12-17)23-21-22-18-13-7-8-14-19(18)24(21)15-16-9-3-1-4-10-16/h1,3-4,7-10,13-14,17H,2,5-6,11-12,15H2,(H,22,23,25). The molecule has 1 N–H and O–H groups in total. The summed E-state index contributed by atoms with van der Waals surface area (Å²) in [5, 5.41) is 3.10. The largest absolute Gasteiger partial charge is 0.305 e. The summed E-state index contributed by atoms with van der Waals surface area (Å²) in [5.74, 6) is 0.892. The molecule has 1 amide bonds. The van der Waals surface area contributed by atoms with E-state index in [1.54, 1.807) is 0 Å². The summed E-state index contributed by atoms with van der Waals surface area (Å²) in [5.41, 5.74) is 3.15. The van der Waals surface area contributed by atoms with Crippen LogP contribution in [-0.2, 0) is 11.3 Å². The number of benzene rings is 2. The van der Waals surface area contributed by atoms with Crippen molar-refractivity contribution in [3.8, 4) is 0 Å². The number of para-hydroxylation sites is 2. The first-order valence-electron chi connectivity index (χ1n) is 9.11. The molecule has 1 aromatic heterocycles. The van der Waals surface area contributed by atoms with Crippen LogP contribution in [0.4, 0.5) is 5.95 Å². The van der Waals surface area contributed by atoms with Crippen LogP contribution < -0.4 is 5.32 Å². The first-order chi connectivity index (χ1) is 12.3. The number of nitrogens with zero attached hydrogens (tertiary/aromatic N) is 2. The number of carbonyl (C=O) groups excluding carboxylic acids is 1. The number of nitrogens with one attached hydrogen (secondary N) is 1. The fourth-order valence-corrected chi connectivity index (χ4v) is 3.67. The topological polar surface area (TPSA) is 46.9 Å². The molecule has 0 radical (unpaired) electrons. The van der Waals surface area contributed by atoms with Gasteiger partial charge in [-0.15, -0.1) is 0 Å². The molecule has 0 atom stereocenters. The second-order valence-corrected chi connectivity index (χ2v) is 6.82. The predicted octanol–water partition coefficient (Wildman–Crippen LogP) is 4.60. The summed E-state index contributed by atoms with van der Waals surface area (Å²) in [7, 11) is 0. The smallest absolute Gasteiger partial charge is 0.229 e. The third-order valence-electron chi connectivity index (χ3n) is 5.05. The van der Waals surface area contributed by atoms with Crippen molar-refractivity contribution >= 4 is 22.9 Å². The molecule has 0 saturated heterocycles. The molecule has 1 aliphatic carbocycles. The zero-order valence-electron chi connectivity index (χ0n) is 14.3. The van der Waals surface area contributed by atoms with E-state index in [9.17, 15) is 4.79 Å². The van der Waals surface area contributed by atoms with E-state index in [1.165, 1.54) is 12.0 Å². The maximum Gasteiger partial charge on any atom is 0.229 e. The number of carbonyl (C=O) groups is 1. The molecule has 4 heteroatoms. The maximum absolute atomic E-state index is 12.7. The van der Waals surface area contributed by atoms with E-state index in [4.69, 9.17) is 0 Å². The Kier molecular flexibility index (Phi) is 4.51. The molecule has 25 heavy (non-hydrogen) atoms. The van der Waals surface area contributed by atoms with Gasteiger partial charge in [-0.3, -0.25) is 10.1 Å². The average Bonchev–Trinajstić information content (AvgIpc) is 3.00. The number of anilines is 1. The van der Waals surface area contributed by atoms with Gasteiger partial charge in [-0.2, -0.15) is 0 Å². The van der Waals surface area contributed by atoms with E-state index in [-0.39, 0.29) is 11.8 Å². The Balaban J connectivity index is 1.65. The minimum atomic E-state index is 0.115. The Morgan fingerprint density at radius 1 is 1.00 bits per heavy atom. The Morgan fingerprint density at radius 3 is 2.52 bits per heavy atom. The van der Waals surface area contributed by atoms with Crippen LogP contribution >= 0.6 is 0 Å². The molecule has 128 valence electrons. The van der Waals surface area contributed by atoms with Crippen LogP contribution in [0.2, 0.25) is 0 Å². The third-order valence-corrected chi connectivity index (χ3v) is 5.05. The highest BCUT2D eigenvalue weighted by molar-refractivity contribution is 5.93. The minimum Gasteiger partial charge on any atom is -0.305 e. The number of amides is 1. The van der Waals surface area contributed by atoms with Gasteiger partial charge in [0.1, 0.15) is 0 Å². The molecule has 1 aliphatic rings. The van der Waals surface area contributed by atoms with Crippen LogP contribution in [0.5, 0.6) is 0 Å². The van der Waals surface area contributed by atoms with Gasteiger partial charge in [-0.25, -0.2) is 4.98 Å².